The number of benzene rings is 4. The molecule has 0 unspecified atom stereocenters. The van der Waals surface area contributed by atoms with Gasteiger partial charge in [-0.2, -0.15) is 0 Å². The van der Waals surface area contributed by atoms with E-state index in [0.717, 1.165) is 16.8 Å². The number of fused-ring (bicyclic) bond motifs is 1. The molecule has 0 saturated heterocycles. The van der Waals surface area contributed by atoms with Crippen LogP contribution >= 0.6 is 23.2 Å². The molecule has 0 saturated carbocycles. The molecule has 0 aliphatic carbocycles. The first-order valence-electron chi connectivity index (χ1n) is 12.3. The van der Waals surface area contributed by atoms with E-state index < -0.39 is 0 Å². The number of halogens is 2. The fourth-order valence-electron chi connectivity index (χ4n) is 4.26. The van der Waals surface area contributed by atoms with Gasteiger partial charge in [0.2, 0.25) is 5.91 Å². The SMILES string of the molecule is Cc1cccc(NC(=O)CNn2c(Cc3ccccc3Nc3c(Cl)cccc3Cl)nc3ccccc3c2=O)c1. The van der Waals surface area contributed by atoms with Crippen molar-refractivity contribution in [2.75, 3.05) is 22.6 Å². The summed E-state index contributed by atoms with van der Waals surface area (Å²) in [5.74, 6) is 0.156. The molecule has 4 aromatic carbocycles. The van der Waals surface area contributed by atoms with Gasteiger partial charge in [-0.15, -0.1) is 0 Å². The van der Waals surface area contributed by atoms with Crippen LogP contribution in [0, 0.1) is 6.92 Å². The molecule has 0 spiro atoms. The molecule has 196 valence electrons. The monoisotopic (exact) mass is 557 g/mol. The van der Waals surface area contributed by atoms with Gasteiger partial charge in [-0.05, 0) is 60.5 Å². The molecule has 0 atom stereocenters. The second kappa shape index (κ2) is 11.6. The van der Waals surface area contributed by atoms with E-state index in [0.29, 0.717) is 38.1 Å². The van der Waals surface area contributed by atoms with Crippen molar-refractivity contribution in [3.05, 3.63) is 128 Å². The number of hydrogen-bond acceptors (Lipinski definition) is 5. The van der Waals surface area contributed by atoms with Crippen molar-refractivity contribution in [2.45, 2.75) is 13.3 Å². The highest BCUT2D eigenvalue weighted by atomic mass is 35.5. The predicted octanol–water partition coefficient (Wildman–Crippen LogP) is 6.53. The molecule has 39 heavy (non-hydrogen) atoms. The number of nitrogens with one attached hydrogen (secondary N) is 3. The predicted molar refractivity (Wildman–Crippen MR) is 159 cm³/mol. The van der Waals surface area contributed by atoms with Crippen molar-refractivity contribution in [1.82, 2.24) is 9.66 Å². The smallest absolute Gasteiger partial charge is 0.279 e. The van der Waals surface area contributed by atoms with E-state index in [4.69, 9.17) is 28.2 Å². The summed E-state index contributed by atoms with van der Waals surface area (Å²) in [6, 6.07) is 27.6. The summed E-state index contributed by atoms with van der Waals surface area (Å²) in [6.07, 6.45) is 0.290. The Morgan fingerprint density at radius 1 is 0.897 bits per heavy atom. The summed E-state index contributed by atoms with van der Waals surface area (Å²) < 4.78 is 1.34. The second-order valence-electron chi connectivity index (χ2n) is 8.99. The molecule has 7 nitrogen and oxygen atoms in total. The highest BCUT2D eigenvalue weighted by Gasteiger charge is 2.15. The number of carbonyl (C=O) groups excluding carboxylic acids is 1. The highest BCUT2D eigenvalue weighted by Crippen LogP contribution is 2.34. The number of rotatable bonds is 8. The van der Waals surface area contributed by atoms with Crippen LogP contribution in [0.4, 0.5) is 17.1 Å². The Hall–Kier alpha value is -4.33. The molecular formula is C30H25Cl2N5O2. The van der Waals surface area contributed by atoms with Crippen LogP contribution in [-0.4, -0.2) is 22.1 Å². The number of hydrogen-bond donors (Lipinski definition) is 3. The number of nitrogens with zero attached hydrogens (tertiary/aromatic N) is 2. The Morgan fingerprint density at radius 2 is 1.62 bits per heavy atom. The van der Waals surface area contributed by atoms with Crippen molar-refractivity contribution in [3.63, 3.8) is 0 Å². The quantitative estimate of drug-likeness (QED) is 0.202. The standard InChI is InChI=1S/C30H25Cl2N5O2/c1-19-8-6-10-21(16-19)34-28(38)18-33-37-27(35-26-15-5-3-11-22(26)30(37)39)17-20-9-2-4-14-25(20)36-29-23(31)12-7-13-24(29)32/h2-16,33,36H,17-18H2,1H3,(H,34,38). The minimum Gasteiger partial charge on any atom is -0.353 e. The Morgan fingerprint density at radius 3 is 2.41 bits per heavy atom. The van der Waals surface area contributed by atoms with Crippen LogP contribution in [0.1, 0.15) is 17.0 Å². The maximum Gasteiger partial charge on any atom is 0.279 e. The molecule has 5 rings (SSSR count). The van der Waals surface area contributed by atoms with Crippen molar-refractivity contribution in [3.8, 4) is 0 Å². The van der Waals surface area contributed by atoms with Gasteiger partial charge in [0.15, 0.2) is 0 Å². The molecule has 0 bridgehead atoms. The molecule has 9 heteroatoms. The second-order valence-corrected chi connectivity index (χ2v) is 9.81. The number of para-hydroxylation sites is 3. The van der Waals surface area contributed by atoms with Crippen LogP contribution in [0.25, 0.3) is 10.9 Å². The van der Waals surface area contributed by atoms with E-state index in [9.17, 15) is 9.59 Å². The molecule has 1 aromatic heterocycles. The van der Waals surface area contributed by atoms with Crippen LogP contribution in [0.2, 0.25) is 10.0 Å². The molecular weight excluding hydrogens is 533 g/mol. The van der Waals surface area contributed by atoms with Gasteiger partial charge in [0.1, 0.15) is 12.4 Å². The van der Waals surface area contributed by atoms with Crippen molar-refractivity contribution < 1.29 is 4.79 Å². The van der Waals surface area contributed by atoms with E-state index in [1.54, 1.807) is 36.4 Å². The third-order valence-electron chi connectivity index (χ3n) is 6.13. The van der Waals surface area contributed by atoms with Crippen LogP contribution in [0.3, 0.4) is 0 Å². The lowest BCUT2D eigenvalue weighted by Gasteiger charge is -2.18. The van der Waals surface area contributed by atoms with E-state index in [1.165, 1.54) is 4.68 Å². The van der Waals surface area contributed by atoms with E-state index in [1.807, 2.05) is 61.5 Å². The van der Waals surface area contributed by atoms with Gasteiger partial charge in [0, 0.05) is 17.8 Å². The number of carbonyl (C=O) groups is 1. The molecule has 1 amide bonds. The average Bonchev–Trinajstić information content (AvgIpc) is 2.91. The number of anilines is 3. The molecule has 3 N–H and O–H groups in total. The summed E-state index contributed by atoms with van der Waals surface area (Å²) in [6.45, 7) is 1.82. The normalized spacial score (nSPS) is 10.8. The third kappa shape index (κ3) is 6.06. The molecule has 1 heterocycles. The van der Waals surface area contributed by atoms with Crippen molar-refractivity contribution in [1.29, 1.82) is 0 Å². The van der Waals surface area contributed by atoms with Crippen molar-refractivity contribution >= 4 is 57.1 Å². The lowest BCUT2D eigenvalue weighted by Crippen LogP contribution is -2.37. The largest absolute Gasteiger partial charge is 0.353 e. The fraction of sp³-hybridized carbons (Fsp3) is 0.100. The highest BCUT2D eigenvalue weighted by molar-refractivity contribution is 6.39. The molecule has 0 aliphatic heterocycles. The summed E-state index contributed by atoms with van der Waals surface area (Å²) in [5.41, 5.74) is 7.18. The lowest BCUT2D eigenvalue weighted by atomic mass is 10.1. The zero-order valence-corrected chi connectivity index (χ0v) is 22.6. The molecule has 0 radical (unpaired) electrons. The Labute approximate surface area is 235 Å². The maximum atomic E-state index is 13.5. The van der Waals surface area contributed by atoms with Crippen molar-refractivity contribution in [2.24, 2.45) is 0 Å². The van der Waals surface area contributed by atoms with Crippen LogP contribution in [0.5, 0.6) is 0 Å². The minimum absolute atomic E-state index is 0.129. The third-order valence-corrected chi connectivity index (χ3v) is 6.76. The van der Waals surface area contributed by atoms with Crippen LogP contribution in [-0.2, 0) is 11.2 Å². The van der Waals surface area contributed by atoms with Crippen LogP contribution in [0.15, 0.2) is 95.8 Å². The Bertz CT molecular complexity index is 1710. The summed E-state index contributed by atoms with van der Waals surface area (Å²) in [5, 5.41) is 7.59. The Balaban J connectivity index is 1.46. The fourth-order valence-corrected chi connectivity index (χ4v) is 4.75. The van der Waals surface area contributed by atoms with Gasteiger partial charge in [0.25, 0.3) is 5.56 Å². The zero-order valence-electron chi connectivity index (χ0n) is 21.0. The van der Waals surface area contributed by atoms with E-state index >= 15 is 0 Å². The van der Waals surface area contributed by atoms with E-state index in [-0.39, 0.29) is 24.4 Å². The van der Waals surface area contributed by atoms with Crippen LogP contribution < -0.4 is 21.6 Å². The Kier molecular flexibility index (Phi) is 7.81. The molecule has 5 aromatic rings. The number of aromatic nitrogens is 2. The van der Waals surface area contributed by atoms with Gasteiger partial charge >= 0.3 is 0 Å². The first-order valence-corrected chi connectivity index (χ1v) is 13.0. The number of aryl methyl sites for hydroxylation is 1. The number of amides is 1. The maximum absolute atomic E-state index is 13.5. The lowest BCUT2D eigenvalue weighted by molar-refractivity contribution is -0.114. The van der Waals surface area contributed by atoms with E-state index in [2.05, 4.69) is 16.1 Å². The molecule has 0 fully saturated rings. The molecule has 0 aliphatic rings. The zero-order chi connectivity index (χ0) is 27.4. The van der Waals surface area contributed by atoms with Gasteiger partial charge in [-0.3, -0.25) is 9.59 Å². The first kappa shape index (κ1) is 26.3. The summed E-state index contributed by atoms with van der Waals surface area (Å²) in [4.78, 5) is 31.0. The van der Waals surface area contributed by atoms with Gasteiger partial charge in [-0.25, -0.2) is 9.66 Å². The van der Waals surface area contributed by atoms with Gasteiger partial charge < -0.3 is 16.1 Å². The summed E-state index contributed by atoms with van der Waals surface area (Å²) >= 11 is 12.8. The average molecular weight is 558 g/mol. The van der Waals surface area contributed by atoms with Gasteiger partial charge in [0.05, 0.1) is 26.6 Å². The minimum atomic E-state index is -0.293. The van der Waals surface area contributed by atoms with Gasteiger partial charge in [-0.1, -0.05) is 71.7 Å². The first-order chi connectivity index (χ1) is 18.9. The summed E-state index contributed by atoms with van der Waals surface area (Å²) in [7, 11) is 0. The topological polar surface area (TPSA) is 88.1 Å².